The number of benzene rings is 2. The van der Waals surface area contributed by atoms with Gasteiger partial charge in [-0.05, 0) is 37.0 Å². The zero-order valence-corrected chi connectivity index (χ0v) is 28.1. The van der Waals surface area contributed by atoms with Gasteiger partial charge in [0.15, 0.2) is 12.4 Å². The maximum atomic E-state index is 15.0. The summed E-state index contributed by atoms with van der Waals surface area (Å²) in [6, 6.07) is 19.4. The molecular formula is C37H41N6O6+. The molecule has 0 saturated carbocycles. The fourth-order valence-corrected chi connectivity index (χ4v) is 6.01. The predicted octanol–water partition coefficient (Wildman–Crippen LogP) is 2.57. The third-order valence-corrected chi connectivity index (χ3v) is 8.27. The van der Waals surface area contributed by atoms with Crippen molar-refractivity contribution in [3.05, 3.63) is 108 Å². The van der Waals surface area contributed by atoms with Crippen LogP contribution in [0.15, 0.2) is 96.4 Å². The number of aldehydes is 1. The van der Waals surface area contributed by atoms with Crippen LogP contribution in [0.1, 0.15) is 49.2 Å². The van der Waals surface area contributed by atoms with Gasteiger partial charge in [-0.2, -0.15) is 4.57 Å². The van der Waals surface area contributed by atoms with E-state index < -0.39 is 41.3 Å². The topological polar surface area (TPSA) is 147 Å². The first-order valence-corrected chi connectivity index (χ1v) is 16.1. The minimum atomic E-state index is -1.15. The maximum absolute atomic E-state index is 15.0. The van der Waals surface area contributed by atoms with Gasteiger partial charge in [0.25, 0.3) is 29.7 Å². The van der Waals surface area contributed by atoms with Crippen LogP contribution < -0.4 is 10.3 Å². The van der Waals surface area contributed by atoms with Crippen molar-refractivity contribution in [3.63, 3.8) is 0 Å². The van der Waals surface area contributed by atoms with Gasteiger partial charge in [-0.1, -0.05) is 74.5 Å². The van der Waals surface area contributed by atoms with E-state index in [2.05, 4.69) is 4.99 Å². The highest BCUT2D eigenvalue weighted by Gasteiger charge is 2.47. The summed E-state index contributed by atoms with van der Waals surface area (Å²) >= 11 is 0. The van der Waals surface area contributed by atoms with Gasteiger partial charge in [0.05, 0.1) is 17.8 Å². The number of amides is 4. The van der Waals surface area contributed by atoms with E-state index in [1.165, 1.54) is 25.5 Å². The molecule has 0 spiro atoms. The quantitative estimate of drug-likeness (QED) is 0.246. The van der Waals surface area contributed by atoms with Crippen molar-refractivity contribution >= 4 is 41.6 Å². The highest BCUT2D eigenvalue weighted by Crippen LogP contribution is 2.34. The van der Waals surface area contributed by atoms with Crippen LogP contribution in [0.2, 0.25) is 0 Å². The number of aliphatic imine (C=N–C) groups is 1. The Balaban J connectivity index is 1.68. The van der Waals surface area contributed by atoms with Crippen LogP contribution in [0, 0.1) is 5.92 Å². The van der Waals surface area contributed by atoms with Crippen LogP contribution in [-0.4, -0.2) is 81.4 Å². The molecule has 2 aromatic carbocycles. The molecule has 2 atom stereocenters. The molecule has 0 aliphatic carbocycles. The first-order chi connectivity index (χ1) is 23.4. The molecule has 49 heavy (non-hydrogen) atoms. The van der Waals surface area contributed by atoms with Crippen molar-refractivity contribution in [2.75, 3.05) is 13.2 Å². The first-order valence-electron chi connectivity index (χ1n) is 16.1. The Bertz CT molecular complexity index is 1790. The average Bonchev–Trinajstić information content (AvgIpc) is 3.44. The van der Waals surface area contributed by atoms with E-state index in [1.807, 2.05) is 64.1 Å². The molecule has 254 valence electrons. The Morgan fingerprint density at radius 3 is 2.33 bits per heavy atom. The first kappa shape index (κ1) is 34.7. The fourth-order valence-electron chi connectivity index (χ4n) is 6.01. The van der Waals surface area contributed by atoms with Crippen molar-refractivity contribution in [2.24, 2.45) is 16.6 Å². The maximum Gasteiger partial charge on any atom is 0.295 e. The number of carbonyl (C=O) groups is 5. The number of hydrogen-bond donors (Lipinski definition) is 1. The van der Waals surface area contributed by atoms with Gasteiger partial charge in [0, 0.05) is 18.7 Å². The Hall–Kier alpha value is -5.65. The third kappa shape index (κ3) is 7.75. The van der Waals surface area contributed by atoms with Gasteiger partial charge in [-0.25, -0.2) is 4.99 Å². The number of ether oxygens (including phenoxy) is 1. The fraction of sp³-hybridized carbons (Fsp3) is 0.324. The molecular weight excluding hydrogens is 624 g/mol. The summed E-state index contributed by atoms with van der Waals surface area (Å²) in [5.74, 6) is -2.44. The lowest BCUT2D eigenvalue weighted by molar-refractivity contribution is -0.684. The van der Waals surface area contributed by atoms with E-state index in [0.29, 0.717) is 17.5 Å². The number of hydrogen-bond acceptors (Lipinski definition) is 7. The van der Waals surface area contributed by atoms with Crippen molar-refractivity contribution in [3.8, 4) is 0 Å². The summed E-state index contributed by atoms with van der Waals surface area (Å²) in [6.07, 6.45) is 5.45. The van der Waals surface area contributed by atoms with Gasteiger partial charge in [0.1, 0.15) is 30.5 Å². The highest BCUT2D eigenvalue weighted by molar-refractivity contribution is 6.06. The van der Waals surface area contributed by atoms with E-state index in [-0.39, 0.29) is 43.6 Å². The van der Waals surface area contributed by atoms with Gasteiger partial charge in [0.2, 0.25) is 6.54 Å². The van der Waals surface area contributed by atoms with Crippen LogP contribution in [-0.2, 0) is 36.9 Å². The van der Waals surface area contributed by atoms with E-state index in [0.717, 1.165) is 5.56 Å². The Morgan fingerprint density at radius 2 is 1.73 bits per heavy atom. The van der Waals surface area contributed by atoms with Gasteiger partial charge in [-0.15, -0.1) is 0 Å². The molecule has 2 aliphatic heterocycles. The summed E-state index contributed by atoms with van der Waals surface area (Å²) in [7, 11) is 0. The molecule has 0 radical (unpaired) electrons. The van der Waals surface area contributed by atoms with Crippen molar-refractivity contribution in [1.82, 2.24) is 14.7 Å². The van der Waals surface area contributed by atoms with E-state index in [4.69, 9.17) is 10.5 Å². The number of amidine groups is 1. The minimum absolute atomic E-state index is 0.0143. The van der Waals surface area contributed by atoms with Gasteiger partial charge >= 0.3 is 0 Å². The second kappa shape index (κ2) is 14.6. The molecule has 3 aromatic rings. The van der Waals surface area contributed by atoms with Gasteiger partial charge in [-0.3, -0.25) is 33.9 Å². The van der Waals surface area contributed by atoms with E-state index >= 15 is 0 Å². The number of rotatable bonds is 11. The smallest absolute Gasteiger partial charge is 0.295 e. The SMILES string of the molecule is CC(C)[C@@H]1C(=O)N([C@@H](Cc2ccccc2)C(=O)N(CC=O)C2=NC(C)(C)CO2)C(c2ccccc2)=CN1C(=O)c1ccc[n+](CC(N)=O)c1. The average molecular weight is 666 g/mol. The molecule has 4 amide bonds. The molecule has 12 nitrogen and oxygen atoms in total. The van der Waals surface area contributed by atoms with Crippen LogP contribution in [0.25, 0.3) is 5.70 Å². The lowest BCUT2D eigenvalue weighted by Crippen LogP contribution is -2.61. The van der Waals surface area contributed by atoms with Crippen molar-refractivity contribution in [1.29, 1.82) is 0 Å². The molecule has 0 fully saturated rings. The normalized spacial score (nSPS) is 17.6. The monoisotopic (exact) mass is 665 g/mol. The molecule has 0 unspecified atom stereocenters. The van der Waals surface area contributed by atoms with Crippen LogP contribution >= 0.6 is 0 Å². The second-order valence-electron chi connectivity index (χ2n) is 13.0. The number of nitrogens with zero attached hydrogens (tertiary/aromatic N) is 5. The third-order valence-electron chi connectivity index (χ3n) is 8.27. The summed E-state index contributed by atoms with van der Waals surface area (Å²) in [6.45, 7) is 7.14. The molecule has 5 rings (SSSR count). The summed E-state index contributed by atoms with van der Waals surface area (Å²) in [5.41, 5.74) is 6.72. The predicted molar refractivity (Wildman–Crippen MR) is 181 cm³/mol. The molecule has 2 aliphatic rings. The summed E-state index contributed by atoms with van der Waals surface area (Å²) < 4.78 is 7.32. The Morgan fingerprint density at radius 1 is 1.06 bits per heavy atom. The second-order valence-corrected chi connectivity index (χ2v) is 13.0. The van der Waals surface area contributed by atoms with Crippen LogP contribution in [0.3, 0.4) is 0 Å². The number of primary amides is 1. The van der Waals surface area contributed by atoms with Crippen LogP contribution in [0.4, 0.5) is 0 Å². The van der Waals surface area contributed by atoms with Crippen molar-refractivity contribution < 1.29 is 33.3 Å². The number of carbonyl (C=O) groups excluding carboxylic acids is 5. The summed E-state index contributed by atoms with van der Waals surface area (Å²) in [4.78, 5) is 76.1. The highest BCUT2D eigenvalue weighted by atomic mass is 16.5. The number of aromatic nitrogens is 1. The molecule has 2 N–H and O–H groups in total. The number of pyridine rings is 1. The van der Waals surface area contributed by atoms with Crippen LogP contribution in [0.5, 0.6) is 0 Å². The molecule has 0 bridgehead atoms. The zero-order valence-electron chi connectivity index (χ0n) is 28.1. The largest absolute Gasteiger partial charge is 0.462 e. The summed E-state index contributed by atoms with van der Waals surface area (Å²) in [5, 5.41) is 0. The molecule has 0 saturated heterocycles. The lowest BCUT2D eigenvalue weighted by atomic mass is 9.93. The van der Waals surface area contributed by atoms with E-state index in [1.54, 1.807) is 48.8 Å². The van der Waals surface area contributed by atoms with Gasteiger partial charge < -0.3 is 15.3 Å². The van der Waals surface area contributed by atoms with Crippen molar-refractivity contribution in [2.45, 2.75) is 58.3 Å². The Kier molecular flexibility index (Phi) is 10.4. The zero-order chi connectivity index (χ0) is 35.3. The number of nitrogens with two attached hydrogens (primary N) is 1. The lowest BCUT2D eigenvalue weighted by Gasteiger charge is -2.44. The van der Waals surface area contributed by atoms with E-state index in [9.17, 15) is 24.0 Å². The Labute approximate surface area is 285 Å². The molecule has 1 aromatic heterocycles. The standard InChI is InChI=1S/C37H40N6O6/c1-25(2)32-35(48)43(29(20-26-12-7-5-8-13-26)34(47)41(18-19-44)36-39-37(3,4)24-49-36)30(27-14-9-6-10-15-27)22-42(32)33(46)28-16-11-17-40(21-28)23-31(38)45/h5-17,19,21-22,25,29,32H,18,20,23-24H2,1-4H3,(H-,38,45)/p+1/t29-,32+/m0/s1. The molecule has 3 heterocycles. The minimum Gasteiger partial charge on any atom is -0.462 e. The molecule has 12 heteroatoms.